The average molecular weight is 552 g/mol. The van der Waals surface area contributed by atoms with Crippen molar-refractivity contribution in [3.63, 3.8) is 0 Å². The summed E-state index contributed by atoms with van der Waals surface area (Å²) in [7, 11) is 1.52. The number of benzene rings is 1. The number of alkyl halides is 2. The number of pyridine rings is 1. The van der Waals surface area contributed by atoms with Crippen LogP contribution in [-0.4, -0.2) is 33.3 Å². The van der Waals surface area contributed by atoms with Crippen molar-refractivity contribution >= 4 is 38.0 Å². The molecule has 2 atom stereocenters. The van der Waals surface area contributed by atoms with Gasteiger partial charge in [0.1, 0.15) is 16.6 Å². The molecule has 0 spiro atoms. The molecule has 3 aromatic rings. The number of hydrogen-bond acceptors (Lipinski definition) is 2. The second-order valence-electron chi connectivity index (χ2n) is 8.48. The summed E-state index contributed by atoms with van der Waals surface area (Å²) in [6.45, 7) is 12.3. The van der Waals surface area contributed by atoms with Crippen LogP contribution in [0.5, 0.6) is 0 Å². The highest BCUT2D eigenvalue weighted by Crippen LogP contribution is 2.40. The van der Waals surface area contributed by atoms with E-state index in [1.165, 1.54) is 31.8 Å². The Morgan fingerprint density at radius 2 is 1.97 bits per heavy atom. The van der Waals surface area contributed by atoms with Crippen LogP contribution in [0.4, 0.5) is 13.2 Å². The first-order valence-corrected chi connectivity index (χ1v) is 12.7. The maximum atomic E-state index is 14.5. The summed E-state index contributed by atoms with van der Waals surface area (Å²) in [6, 6.07) is 7.65. The lowest BCUT2D eigenvalue weighted by atomic mass is 9.98. The van der Waals surface area contributed by atoms with Gasteiger partial charge in [-0.25, -0.2) is 9.37 Å². The Morgan fingerprint density at radius 3 is 2.54 bits per heavy atom. The average Bonchev–Trinajstić information content (AvgIpc) is 3.45. The van der Waals surface area contributed by atoms with Crippen LogP contribution >= 0.6 is 20.8 Å². The molecule has 0 N–H and O–H groups in total. The Kier molecular flexibility index (Phi) is 10.2. The molecule has 1 fully saturated rings. The van der Waals surface area contributed by atoms with Gasteiger partial charge in [-0.15, -0.1) is 0 Å². The van der Waals surface area contributed by atoms with Crippen LogP contribution in [0.15, 0.2) is 54.8 Å². The second kappa shape index (κ2) is 12.3. The highest BCUT2D eigenvalue weighted by atomic mass is 35.5. The number of carbonyl (C=O) groups excluding carboxylic acids is 1. The van der Waals surface area contributed by atoms with E-state index in [1.807, 2.05) is 19.9 Å². The van der Waals surface area contributed by atoms with Gasteiger partial charge in [-0.05, 0) is 55.2 Å². The van der Waals surface area contributed by atoms with E-state index in [2.05, 4.69) is 11.6 Å². The van der Waals surface area contributed by atoms with Crippen molar-refractivity contribution in [2.24, 2.45) is 0 Å². The Labute approximate surface area is 224 Å². The number of aromatic nitrogens is 2. The topological polar surface area (TPSA) is 37.6 Å². The van der Waals surface area contributed by atoms with Crippen LogP contribution < -0.4 is 0 Å². The summed E-state index contributed by atoms with van der Waals surface area (Å²) in [5, 5.41) is -0.0382. The highest BCUT2D eigenvalue weighted by Gasteiger charge is 2.34. The number of likely N-dealkylation sites (tertiary alicyclic amines) is 1. The summed E-state index contributed by atoms with van der Waals surface area (Å²) in [6.07, 6.45) is 4.02. The number of imidazole rings is 1. The number of rotatable bonds is 5. The molecule has 3 heterocycles. The van der Waals surface area contributed by atoms with Gasteiger partial charge in [0, 0.05) is 25.2 Å². The van der Waals surface area contributed by atoms with Gasteiger partial charge < -0.3 is 4.90 Å². The van der Waals surface area contributed by atoms with Gasteiger partial charge >= 0.3 is 0 Å². The molecular weight excluding hydrogens is 518 g/mol. The van der Waals surface area contributed by atoms with Gasteiger partial charge in [0.05, 0.1) is 5.56 Å². The number of hydrogen-bond donors (Lipinski definition) is 0. The zero-order chi connectivity index (χ0) is 26.8. The predicted octanol–water partition coefficient (Wildman–Crippen LogP) is 8.32. The molecule has 4 rings (SSSR count). The minimum absolute atomic E-state index is 0. The van der Waals surface area contributed by atoms with E-state index >= 15 is 0 Å². The van der Waals surface area contributed by atoms with Crippen LogP contribution in [0, 0.1) is 5.82 Å². The zero-order valence-corrected chi connectivity index (χ0v) is 22.7. The molecule has 1 amide bonds. The molecular formula is C28H34ClF3N3OP. The molecule has 1 aromatic carbocycles. The van der Waals surface area contributed by atoms with E-state index in [-0.39, 0.29) is 41.2 Å². The number of carbonyl (C=O) groups is 1. The monoisotopic (exact) mass is 551 g/mol. The lowest BCUT2D eigenvalue weighted by molar-refractivity contribution is 0.0785. The van der Waals surface area contributed by atoms with Crippen molar-refractivity contribution in [3.05, 3.63) is 88.1 Å². The van der Waals surface area contributed by atoms with Gasteiger partial charge in [-0.2, -0.15) is 8.78 Å². The molecule has 9 heteroatoms. The summed E-state index contributed by atoms with van der Waals surface area (Å²) in [4.78, 5) is 19.1. The summed E-state index contributed by atoms with van der Waals surface area (Å²) < 4.78 is 44.0. The fourth-order valence-electron chi connectivity index (χ4n) is 4.43. The molecule has 1 aliphatic heterocycles. The predicted molar refractivity (Wildman–Crippen MR) is 150 cm³/mol. The van der Waals surface area contributed by atoms with E-state index in [0.717, 1.165) is 5.56 Å². The standard InChI is InChI=1S/C25H24ClF3N3OP.C2H6.CH4/c1-4-19(14(2)3)17-11-20(25(28,29)34)23-30-21(22(26)32(23)13-17)24(33)31-9-8-16(12-31)15-6-5-7-18(27)10-15;1-2;/h4-7,10-11,13,16H,2,8-9,12,34H2,1,3H3;1-2H3;1H4/b19-4+;;. The first-order valence-electron chi connectivity index (χ1n) is 11.8. The van der Waals surface area contributed by atoms with Gasteiger partial charge in [0.15, 0.2) is 5.69 Å². The van der Waals surface area contributed by atoms with Gasteiger partial charge in [-0.1, -0.05) is 72.5 Å². The summed E-state index contributed by atoms with van der Waals surface area (Å²) in [5.74, 6) is -0.803. The van der Waals surface area contributed by atoms with Crippen LogP contribution in [0.25, 0.3) is 11.2 Å². The van der Waals surface area contributed by atoms with Crippen molar-refractivity contribution in [3.8, 4) is 0 Å². The van der Waals surface area contributed by atoms with Crippen molar-refractivity contribution < 1.29 is 18.0 Å². The van der Waals surface area contributed by atoms with Crippen molar-refractivity contribution in [2.45, 2.75) is 53.1 Å². The molecule has 4 nitrogen and oxygen atoms in total. The Hall–Kier alpha value is -2.63. The fourth-order valence-corrected chi connectivity index (χ4v) is 4.90. The van der Waals surface area contributed by atoms with Crippen LogP contribution in [0.3, 0.4) is 0 Å². The fraction of sp³-hybridized carbons (Fsp3) is 0.357. The number of halogens is 4. The normalized spacial score (nSPS) is 15.8. The van der Waals surface area contributed by atoms with Crippen molar-refractivity contribution in [2.75, 3.05) is 13.1 Å². The van der Waals surface area contributed by atoms with Crippen LogP contribution in [0.2, 0.25) is 5.15 Å². The third-order valence-corrected chi connectivity index (χ3v) is 6.75. The Morgan fingerprint density at radius 1 is 1.30 bits per heavy atom. The molecule has 0 saturated carbocycles. The summed E-state index contributed by atoms with van der Waals surface area (Å²) in [5.41, 5.74) is -1.15. The quantitative estimate of drug-likeness (QED) is 0.236. The first kappa shape index (κ1) is 30.6. The zero-order valence-electron chi connectivity index (χ0n) is 20.8. The third-order valence-electron chi connectivity index (χ3n) is 6.08. The molecule has 200 valence electrons. The number of allylic oxidation sites excluding steroid dienone is 3. The van der Waals surface area contributed by atoms with E-state index in [0.29, 0.717) is 36.2 Å². The molecule has 1 aliphatic rings. The van der Waals surface area contributed by atoms with E-state index in [1.54, 1.807) is 37.1 Å². The third kappa shape index (κ3) is 6.27. The lowest BCUT2D eigenvalue weighted by Crippen LogP contribution is -2.29. The Balaban J connectivity index is 0.00000157. The van der Waals surface area contributed by atoms with E-state index in [4.69, 9.17) is 11.6 Å². The largest absolute Gasteiger partial charge is 0.337 e. The second-order valence-corrected chi connectivity index (χ2v) is 9.57. The highest BCUT2D eigenvalue weighted by molar-refractivity contribution is 7.17. The van der Waals surface area contributed by atoms with Gasteiger partial charge in [0.25, 0.3) is 11.6 Å². The maximum absolute atomic E-state index is 14.5. The maximum Gasteiger partial charge on any atom is 0.287 e. The van der Waals surface area contributed by atoms with Gasteiger partial charge in [0.2, 0.25) is 0 Å². The van der Waals surface area contributed by atoms with Crippen molar-refractivity contribution in [1.82, 2.24) is 14.3 Å². The first-order chi connectivity index (χ1) is 17.0. The van der Waals surface area contributed by atoms with Gasteiger partial charge in [-0.3, -0.25) is 9.20 Å². The van der Waals surface area contributed by atoms with E-state index in [9.17, 15) is 18.0 Å². The molecule has 2 unspecified atom stereocenters. The lowest BCUT2D eigenvalue weighted by Gasteiger charge is -2.15. The van der Waals surface area contributed by atoms with Crippen LogP contribution in [-0.2, 0) is 5.66 Å². The molecule has 0 bridgehead atoms. The molecule has 1 saturated heterocycles. The van der Waals surface area contributed by atoms with E-state index < -0.39 is 11.6 Å². The smallest absolute Gasteiger partial charge is 0.287 e. The van der Waals surface area contributed by atoms with Crippen molar-refractivity contribution in [1.29, 1.82) is 0 Å². The SMILES string of the molecule is C.C=C(C)/C(=C\C)c1cc(C(F)(F)P)c2nc(C(=O)N3CCC(c4cccc(F)c4)C3)c(Cl)n2c1.CC. The minimum Gasteiger partial charge on any atom is -0.337 e. The Bertz CT molecular complexity index is 1330. The molecule has 0 radical (unpaired) electrons. The number of nitrogens with zero attached hydrogens (tertiary/aromatic N) is 3. The number of fused-ring (bicyclic) bond motifs is 1. The summed E-state index contributed by atoms with van der Waals surface area (Å²) >= 11 is 6.54. The minimum atomic E-state index is -3.30. The molecule has 37 heavy (non-hydrogen) atoms. The number of amides is 1. The molecule has 2 aromatic heterocycles. The van der Waals surface area contributed by atoms with Crippen LogP contribution in [0.1, 0.15) is 74.6 Å². The molecule has 0 aliphatic carbocycles.